The predicted octanol–water partition coefficient (Wildman–Crippen LogP) is 6.61. The summed E-state index contributed by atoms with van der Waals surface area (Å²) in [5, 5.41) is 20.2. The highest BCUT2D eigenvalue weighted by Crippen LogP contribution is 2.59. The molecule has 2 nitrogen and oxygen atoms in total. The van der Waals surface area contributed by atoms with Crippen molar-refractivity contribution in [2.75, 3.05) is 0 Å². The van der Waals surface area contributed by atoms with Crippen molar-refractivity contribution in [3.05, 3.63) is 47.6 Å². The maximum absolute atomic E-state index is 10.1. The van der Waals surface area contributed by atoms with Gasteiger partial charge in [0.25, 0.3) is 0 Å². The minimum Gasteiger partial charge on any atom is -0.393 e. The standard InChI is InChI=1S/C28H44O2/c1-18(2)19(3)9-10-20(4)25-13-14-26-22(8-7-15-28(25,26)6)11-12-23-16-24(29)17-27(30)21(23)5/h9-12,18-20,24-27,29-30H,5,7-8,13-17H2,1-4,6H3/t19-,20+,24+,25+,26?,27-,28+/m0/s1. The first-order valence-electron chi connectivity index (χ1n) is 12.3. The Kier molecular flexibility index (Phi) is 7.51. The third-order valence-corrected chi connectivity index (χ3v) is 8.71. The summed E-state index contributed by atoms with van der Waals surface area (Å²) < 4.78 is 0. The second-order valence-corrected chi connectivity index (χ2v) is 11.0. The van der Waals surface area contributed by atoms with Gasteiger partial charge in [0.2, 0.25) is 0 Å². The van der Waals surface area contributed by atoms with Crippen LogP contribution in [-0.4, -0.2) is 22.4 Å². The predicted molar refractivity (Wildman–Crippen MR) is 127 cm³/mol. The summed E-state index contributed by atoms with van der Waals surface area (Å²) in [6.45, 7) is 16.0. The molecule has 3 aliphatic rings. The first-order valence-corrected chi connectivity index (χ1v) is 12.3. The van der Waals surface area contributed by atoms with Crippen LogP contribution in [-0.2, 0) is 0 Å². The van der Waals surface area contributed by atoms with Crippen molar-refractivity contribution in [1.29, 1.82) is 0 Å². The summed E-state index contributed by atoms with van der Waals surface area (Å²) in [7, 11) is 0. The zero-order valence-corrected chi connectivity index (χ0v) is 19.9. The van der Waals surface area contributed by atoms with Gasteiger partial charge in [0, 0.05) is 6.42 Å². The van der Waals surface area contributed by atoms with E-state index in [0.717, 1.165) is 17.1 Å². The molecule has 0 bridgehead atoms. The van der Waals surface area contributed by atoms with Crippen LogP contribution >= 0.6 is 0 Å². The maximum atomic E-state index is 10.1. The highest BCUT2D eigenvalue weighted by Gasteiger charge is 2.50. The molecule has 2 N–H and O–H groups in total. The number of fused-ring (bicyclic) bond motifs is 1. The number of aliphatic hydroxyl groups excluding tert-OH is 2. The van der Waals surface area contributed by atoms with Crippen LogP contribution in [0.4, 0.5) is 0 Å². The molecule has 1 unspecified atom stereocenters. The molecule has 0 amide bonds. The van der Waals surface area contributed by atoms with Crippen LogP contribution in [0, 0.1) is 35.0 Å². The molecule has 0 aliphatic heterocycles. The van der Waals surface area contributed by atoms with E-state index in [1.807, 2.05) is 0 Å². The third kappa shape index (κ3) is 4.86. The van der Waals surface area contributed by atoms with Gasteiger partial charge in [-0.2, -0.15) is 0 Å². The lowest BCUT2D eigenvalue weighted by Crippen LogP contribution is -2.35. The first-order chi connectivity index (χ1) is 14.1. The van der Waals surface area contributed by atoms with Gasteiger partial charge in [0.05, 0.1) is 12.2 Å². The Morgan fingerprint density at radius 3 is 2.50 bits per heavy atom. The average Bonchev–Trinajstić information content (AvgIpc) is 3.04. The van der Waals surface area contributed by atoms with Gasteiger partial charge in [-0.15, -0.1) is 0 Å². The zero-order chi connectivity index (χ0) is 22.1. The molecule has 168 valence electrons. The molecule has 3 saturated carbocycles. The Labute approximate surface area is 184 Å². The fourth-order valence-electron chi connectivity index (χ4n) is 6.32. The summed E-state index contributed by atoms with van der Waals surface area (Å²) in [5.41, 5.74) is 3.77. The first kappa shape index (κ1) is 23.5. The van der Waals surface area contributed by atoms with Crippen LogP contribution < -0.4 is 0 Å². The van der Waals surface area contributed by atoms with Crippen molar-refractivity contribution in [3.63, 3.8) is 0 Å². The molecule has 0 aromatic carbocycles. The van der Waals surface area contributed by atoms with Crippen molar-refractivity contribution >= 4 is 0 Å². The Hall–Kier alpha value is -1.12. The van der Waals surface area contributed by atoms with Crippen LogP contribution in [0.5, 0.6) is 0 Å². The molecule has 3 fully saturated rings. The van der Waals surface area contributed by atoms with Gasteiger partial charge in [-0.25, -0.2) is 0 Å². The van der Waals surface area contributed by atoms with Gasteiger partial charge in [0.15, 0.2) is 0 Å². The molecule has 0 heterocycles. The molecule has 0 aromatic rings. The second kappa shape index (κ2) is 9.57. The SMILES string of the molecule is C=C1C(=CC=C2CCC[C@@]3(C)C2CC[C@@H]3[C@H](C)C=C[C@H](C)C(C)C)C[C@@H](O)C[C@@H]1O. The molecular weight excluding hydrogens is 368 g/mol. The molecule has 0 spiro atoms. The fraction of sp³-hybridized carbons (Fsp3) is 0.714. The smallest absolute Gasteiger partial charge is 0.0811 e. The largest absolute Gasteiger partial charge is 0.393 e. The Balaban J connectivity index is 1.76. The lowest BCUT2D eigenvalue weighted by molar-refractivity contribution is 0.0862. The topological polar surface area (TPSA) is 40.5 Å². The van der Waals surface area contributed by atoms with Crippen molar-refractivity contribution in [1.82, 2.24) is 0 Å². The van der Waals surface area contributed by atoms with E-state index in [2.05, 4.69) is 65.5 Å². The van der Waals surface area contributed by atoms with E-state index in [9.17, 15) is 10.2 Å². The molecule has 0 aromatic heterocycles. The van der Waals surface area contributed by atoms with Crippen molar-refractivity contribution in [3.8, 4) is 0 Å². The van der Waals surface area contributed by atoms with E-state index in [1.54, 1.807) is 5.57 Å². The third-order valence-electron chi connectivity index (χ3n) is 8.71. The van der Waals surface area contributed by atoms with Gasteiger partial charge in [-0.3, -0.25) is 0 Å². The molecular formula is C28H44O2. The summed E-state index contributed by atoms with van der Waals surface area (Å²) in [5.74, 6) is 3.38. The van der Waals surface area contributed by atoms with Gasteiger partial charge in [-0.05, 0) is 84.7 Å². The van der Waals surface area contributed by atoms with E-state index >= 15 is 0 Å². The van der Waals surface area contributed by atoms with E-state index < -0.39 is 12.2 Å². The molecule has 2 heteroatoms. The maximum Gasteiger partial charge on any atom is 0.0811 e. The summed E-state index contributed by atoms with van der Waals surface area (Å²) in [6.07, 6.45) is 15.8. The van der Waals surface area contributed by atoms with Gasteiger partial charge < -0.3 is 10.2 Å². The van der Waals surface area contributed by atoms with E-state index in [-0.39, 0.29) is 0 Å². The Bertz CT molecular complexity index is 712. The number of rotatable bonds is 5. The minimum atomic E-state index is -0.605. The monoisotopic (exact) mass is 412 g/mol. The Morgan fingerprint density at radius 1 is 1.07 bits per heavy atom. The van der Waals surface area contributed by atoms with Crippen LogP contribution in [0.25, 0.3) is 0 Å². The number of hydrogen-bond acceptors (Lipinski definition) is 2. The van der Waals surface area contributed by atoms with E-state index in [1.165, 1.54) is 32.1 Å². The van der Waals surface area contributed by atoms with Crippen LogP contribution in [0.3, 0.4) is 0 Å². The van der Waals surface area contributed by atoms with Gasteiger partial charge in [-0.1, -0.05) is 71.1 Å². The van der Waals surface area contributed by atoms with Crippen LogP contribution in [0.15, 0.2) is 47.6 Å². The average molecular weight is 413 g/mol. The van der Waals surface area contributed by atoms with Gasteiger partial charge in [0.1, 0.15) is 0 Å². The Morgan fingerprint density at radius 2 is 1.80 bits per heavy atom. The lowest BCUT2D eigenvalue weighted by atomic mass is 9.61. The molecule has 30 heavy (non-hydrogen) atoms. The molecule has 3 rings (SSSR count). The fourth-order valence-corrected chi connectivity index (χ4v) is 6.32. The summed E-state index contributed by atoms with van der Waals surface area (Å²) in [4.78, 5) is 0. The zero-order valence-electron chi connectivity index (χ0n) is 19.9. The van der Waals surface area contributed by atoms with Crippen LogP contribution in [0.2, 0.25) is 0 Å². The number of allylic oxidation sites excluding steroid dienone is 5. The molecule has 7 atom stereocenters. The van der Waals surface area contributed by atoms with E-state index in [0.29, 0.717) is 41.9 Å². The van der Waals surface area contributed by atoms with Crippen LogP contribution in [0.1, 0.15) is 79.6 Å². The number of aliphatic hydroxyl groups is 2. The highest BCUT2D eigenvalue weighted by atomic mass is 16.3. The van der Waals surface area contributed by atoms with Crippen molar-refractivity contribution in [2.45, 2.75) is 91.8 Å². The molecule has 3 aliphatic carbocycles. The molecule has 0 radical (unpaired) electrons. The second-order valence-electron chi connectivity index (χ2n) is 11.0. The van der Waals surface area contributed by atoms with Crippen molar-refractivity contribution in [2.24, 2.45) is 35.0 Å². The minimum absolute atomic E-state index is 0.385. The highest BCUT2D eigenvalue weighted by molar-refractivity contribution is 5.38. The number of hydrogen-bond donors (Lipinski definition) is 2. The summed E-state index contributed by atoms with van der Waals surface area (Å²) >= 11 is 0. The molecule has 0 saturated heterocycles. The lowest BCUT2D eigenvalue weighted by Gasteiger charge is -2.44. The van der Waals surface area contributed by atoms with E-state index in [4.69, 9.17) is 0 Å². The summed E-state index contributed by atoms with van der Waals surface area (Å²) in [6, 6.07) is 0. The normalized spacial score (nSPS) is 39.8. The van der Waals surface area contributed by atoms with Crippen molar-refractivity contribution < 1.29 is 10.2 Å². The quantitative estimate of drug-likeness (QED) is 0.499. The van der Waals surface area contributed by atoms with Gasteiger partial charge >= 0.3 is 0 Å².